The summed E-state index contributed by atoms with van der Waals surface area (Å²) in [7, 11) is 1.59. The number of hydrogen-bond acceptors (Lipinski definition) is 7. The number of carbonyl (C=O) groups is 1. The number of ether oxygens (including phenoxy) is 2. The summed E-state index contributed by atoms with van der Waals surface area (Å²) in [6, 6.07) is 0. The molecular weight excluding hydrogens is 380 g/mol. The quantitative estimate of drug-likeness (QED) is 0.628. The van der Waals surface area contributed by atoms with Gasteiger partial charge in [-0.2, -0.15) is 0 Å². The molecule has 0 saturated carbocycles. The molecule has 1 N–H and O–H groups in total. The zero-order chi connectivity index (χ0) is 21.0. The number of aryl methyl sites for hydroxylation is 1. The molecule has 1 aliphatic heterocycles. The van der Waals surface area contributed by atoms with Crippen molar-refractivity contribution < 1.29 is 14.3 Å². The molecule has 0 bridgehead atoms. The summed E-state index contributed by atoms with van der Waals surface area (Å²) in [5, 5.41) is 0. The molecule has 3 rings (SSSR count). The lowest BCUT2D eigenvalue weighted by Crippen LogP contribution is -2.48. The lowest BCUT2D eigenvalue weighted by Gasteiger charge is -2.33. The zero-order valence-corrected chi connectivity index (χ0v) is 17.1. The Morgan fingerprint density at radius 1 is 1.14 bits per heavy atom. The van der Waals surface area contributed by atoms with E-state index in [0.717, 1.165) is 0 Å². The van der Waals surface area contributed by atoms with Crippen LogP contribution in [0.2, 0.25) is 0 Å². The molecule has 0 unspecified atom stereocenters. The first-order valence-corrected chi connectivity index (χ1v) is 9.86. The van der Waals surface area contributed by atoms with E-state index in [1.165, 1.54) is 4.57 Å². The summed E-state index contributed by atoms with van der Waals surface area (Å²) in [5.41, 5.74) is -0.223. The molecular formula is C18H28N6O5. The molecule has 0 aliphatic carbocycles. The Bertz CT molecular complexity index is 970. The molecule has 2 aromatic heterocycles. The Hall–Kier alpha value is -2.66. The second-order valence-corrected chi connectivity index (χ2v) is 6.83. The number of fused-ring (bicyclic) bond motifs is 1. The molecule has 160 valence electrons. The Kier molecular flexibility index (Phi) is 6.70. The van der Waals surface area contributed by atoms with Crippen LogP contribution in [0.1, 0.15) is 19.7 Å². The van der Waals surface area contributed by atoms with Crippen molar-refractivity contribution in [3.63, 3.8) is 0 Å². The summed E-state index contributed by atoms with van der Waals surface area (Å²) in [4.78, 5) is 47.1. The van der Waals surface area contributed by atoms with E-state index in [2.05, 4.69) is 14.9 Å². The predicted octanol–water partition coefficient (Wildman–Crippen LogP) is -0.266. The van der Waals surface area contributed by atoms with Gasteiger partial charge in [-0.1, -0.05) is 0 Å². The highest BCUT2D eigenvalue weighted by molar-refractivity contribution is 5.71. The van der Waals surface area contributed by atoms with Crippen molar-refractivity contribution >= 4 is 17.3 Å². The Labute approximate surface area is 167 Å². The summed E-state index contributed by atoms with van der Waals surface area (Å²) >= 11 is 0. The largest absolute Gasteiger partial charge is 0.450 e. The molecule has 0 atom stereocenters. The number of nitrogens with one attached hydrogen (secondary N) is 1. The molecule has 1 aliphatic rings. The Balaban J connectivity index is 1.83. The molecule has 0 spiro atoms. The highest BCUT2D eigenvalue weighted by Gasteiger charge is 2.24. The van der Waals surface area contributed by atoms with Crippen LogP contribution in [-0.4, -0.2) is 81.0 Å². The number of imidazole rings is 1. The van der Waals surface area contributed by atoms with Crippen molar-refractivity contribution in [2.45, 2.75) is 26.9 Å². The molecule has 1 saturated heterocycles. The minimum atomic E-state index is -0.494. The number of rotatable bonds is 7. The maximum Gasteiger partial charge on any atom is 0.409 e. The van der Waals surface area contributed by atoms with Crippen LogP contribution in [0.4, 0.5) is 4.79 Å². The minimum absolute atomic E-state index is 0.294. The van der Waals surface area contributed by atoms with E-state index in [4.69, 9.17) is 9.47 Å². The maximum absolute atomic E-state index is 12.4. The first-order chi connectivity index (χ1) is 14.0. The second kappa shape index (κ2) is 9.23. The lowest BCUT2D eigenvalue weighted by atomic mass is 10.3. The van der Waals surface area contributed by atoms with Gasteiger partial charge in [0, 0.05) is 46.4 Å². The van der Waals surface area contributed by atoms with Crippen molar-refractivity contribution in [1.29, 1.82) is 0 Å². The van der Waals surface area contributed by atoms with Crippen LogP contribution in [-0.2, 0) is 29.6 Å². The van der Waals surface area contributed by atoms with Crippen LogP contribution in [0.15, 0.2) is 9.59 Å². The van der Waals surface area contributed by atoms with Crippen LogP contribution in [0.3, 0.4) is 0 Å². The van der Waals surface area contributed by atoms with Crippen LogP contribution >= 0.6 is 0 Å². The Morgan fingerprint density at radius 3 is 2.52 bits per heavy atom. The van der Waals surface area contributed by atoms with Gasteiger partial charge in [-0.15, -0.1) is 0 Å². The summed E-state index contributed by atoms with van der Waals surface area (Å²) in [6.45, 7) is 8.51. The fourth-order valence-electron chi connectivity index (χ4n) is 3.44. The third kappa shape index (κ3) is 4.51. The highest BCUT2D eigenvalue weighted by atomic mass is 16.6. The molecule has 29 heavy (non-hydrogen) atoms. The van der Waals surface area contributed by atoms with Crippen LogP contribution in [0, 0.1) is 0 Å². The van der Waals surface area contributed by atoms with Crippen LogP contribution in [0.25, 0.3) is 11.2 Å². The fourth-order valence-corrected chi connectivity index (χ4v) is 3.44. The van der Waals surface area contributed by atoms with Gasteiger partial charge in [0.25, 0.3) is 5.56 Å². The first kappa shape index (κ1) is 21.1. The number of H-pyrrole nitrogens is 1. The van der Waals surface area contributed by atoms with Gasteiger partial charge in [0.1, 0.15) is 5.82 Å². The van der Waals surface area contributed by atoms with Gasteiger partial charge in [-0.05, 0) is 13.8 Å². The third-order valence-electron chi connectivity index (χ3n) is 5.01. The fraction of sp³-hybridized carbons (Fsp3) is 0.667. The number of hydrogen-bond donors (Lipinski definition) is 1. The number of aromatic amines is 1. The number of carbonyl (C=O) groups excluding carboxylic acids is 1. The summed E-state index contributed by atoms with van der Waals surface area (Å²) < 4.78 is 13.7. The Morgan fingerprint density at radius 2 is 1.86 bits per heavy atom. The van der Waals surface area contributed by atoms with Crippen LogP contribution in [0.5, 0.6) is 0 Å². The molecule has 11 nitrogen and oxygen atoms in total. The highest BCUT2D eigenvalue weighted by Crippen LogP contribution is 2.14. The first-order valence-electron chi connectivity index (χ1n) is 9.86. The average Bonchev–Trinajstić information content (AvgIpc) is 3.06. The second-order valence-electron chi connectivity index (χ2n) is 6.83. The minimum Gasteiger partial charge on any atom is -0.450 e. The van der Waals surface area contributed by atoms with E-state index in [-0.39, 0.29) is 6.09 Å². The number of nitrogens with zero attached hydrogens (tertiary/aromatic N) is 5. The van der Waals surface area contributed by atoms with E-state index in [0.29, 0.717) is 76.1 Å². The monoisotopic (exact) mass is 408 g/mol. The maximum atomic E-state index is 12.4. The van der Waals surface area contributed by atoms with Gasteiger partial charge >= 0.3 is 11.8 Å². The molecule has 1 fully saturated rings. The zero-order valence-electron chi connectivity index (χ0n) is 17.1. The van der Waals surface area contributed by atoms with Crippen molar-refractivity contribution in [2.24, 2.45) is 7.05 Å². The van der Waals surface area contributed by atoms with Crippen molar-refractivity contribution in [3.05, 3.63) is 26.7 Å². The predicted molar refractivity (Wildman–Crippen MR) is 106 cm³/mol. The summed E-state index contributed by atoms with van der Waals surface area (Å²) in [5.74, 6) is 0.691. The normalized spacial score (nSPS) is 15.2. The van der Waals surface area contributed by atoms with E-state index < -0.39 is 11.2 Å². The van der Waals surface area contributed by atoms with Gasteiger partial charge in [0.05, 0.1) is 19.8 Å². The average molecular weight is 408 g/mol. The van der Waals surface area contributed by atoms with Gasteiger partial charge in [0.2, 0.25) is 0 Å². The molecule has 0 aromatic carbocycles. The third-order valence-corrected chi connectivity index (χ3v) is 5.01. The molecule has 2 aromatic rings. The smallest absolute Gasteiger partial charge is 0.409 e. The van der Waals surface area contributed by atoms with Crippen molar-refractivity contribution in [3.8, 4) is 0 Å². The number of piperazine rings is 1. The molecule has 1 amide bonds. The van der Waals surface area contributed by atoms with E-state index >= 15 is 0 Å². The van der Waals surface area contributed by atoms with Crippen LogP contribution < -0.4 is 11.2 Å². The molecule has 3 heterocycles. The van der Waals surface area contributed by atoms with Gasteiger partial charge in [-0.3, -0.25) is 19.2 Å². The number of amides is 1. The SMILES string of the molecule is CCOCCn1c(CN2CCN(C(=O)OCC)CC2)nc2c1c(=O)[nH]c(=O)n2C. The van der Waals surface area contributed by atoms with E-state index in [1.54, 1.807) is 18.9 Å². The van der Waals surface area contributed by atoms with Gasteiger partial charge in [0.15, 0.2) is 11.2 Å². The van der Waals surface area contributed by atoms with Crippen molar-refractivity contribution in [1.82, 2.24) is 28.9 Å². The summed E-state index contributed by atoms with van der Waals surface area (Å²) in [6.07, 6.45) is -0.294. The standard InChI is InChI=1S/C18H28N6O5/c1-4-28-11-10-24-13(19-15-14(24)16(25)20-17(26)21(15)3)12-22-6-8-23(9-7-22)18(27)29-5-2/h4-12H2,1-3H3,(H,20,25,26). The molecule has 11 heteroatoms. The lowest BCUT2D eigenvalue weighted by molar-refractivity contribution is 0.0766. The number of aromatic nitrogens is 4. The molecule has 0 radical (unpaired) electrons. The topological polar surface area (TPSA) is 115 Å². The van der Waals surface area contributed by atoms with Gasteiger partial charge in [-0.25, -0.2) is 14.6 Å². The van der Waals surface area contributed by atoms with Crippen molar-refractivity contribution in [2.75, 3.05) is 46.0 Å². The van der Waals surface area contributed by atoms with E-state index in [1.807, 2.05) is 11.5 Å². The van der Waals surface area contributed by atoms with Gasteiger partial charge < -0.3 is 18.9 Å². The van der Waals surface area contributed by atoms with E-state index in [9.17, 15) is 14.4 Å².